The van der Waals surface area contributed by atoms with Crippen LogP contribution in [0.15, 0.2) is 23.5 Å². The summed E-state index contributed by atoms with van der Waals surface area (Å²) >= 11 is 0. The van der Waals surface area contributed by atoms with Gasteiger partial charge in [0.05, 0.1) is 17.5 Å². The van der Waals surface area contributed by atoms with E-state index in [0.717, 1.165) is 49.9 Å². The SMILES string of the molecule is CC12CCC(O[Si](C)(C)C)=CC1=CCC1C3CC[C@@](C)(O[Si](C)(C)C)C3(C)CC(O[Si](C)(C)C)[C@@]12F. The molecule has 0 N–H and O–H groups in total. The van der Waals surface area contributed by atoms with Gasteiger partial charge in [0.25, 0.3) is 0 Å². The van der Waals surface area contributed by atoms with Crippen LogP contribution in [0.2, 0.25) is 58.9 Å². The first kappa shape index (κ1) is 28.8. The Morgan fingerprint density at radius 3 is 2.06 bits per heavy atom. The lowest BCUT2D eigenvalue weighted by atomic mass is 9.45. The Kier molecular flexibility index (Phi) is 6.91. The molecule has 0 amide bonds. The predicted molar refractivity (Wildman–Crippen MR) is 156 cm³/mol. The molecule has 0 aromatic heterocycles. The van der Waals surface area contributed by atoms with Gasteiger partial charge < -0.3 is 13.3 Å². The van der Waals surface area contributed by atoms with Gasteiger partial charge in [-0.2, -0.15) is 0 Å². The van der Waals surface area contributed by atoms with Gasteiger partial charge in [-0.3, -0.25) is 0 Å². The maximum absolute atomic E-state index is 18.4. The molecule has 0 spiro atoms. The molecular formula is C29H53FO3Si3. The Hall–Kier alpha value is -0.219. The van der Waals surface area contributed by atoms with E-state index in [1.54, 1.807) is 0 Å². The lowest BCUT2D eigenvalue weighted by Crippen LogP contribution is -2.69. The van der Waals surface area contributed by atoms with Gasteiger partial charge in [-0.15, -0.1) is 0 Å². The van der Waals surface area contributed by atoms with E-state index in [9.17, 15) is 0 Å². The fraction of sp³-hybridized carbons (Fsp3) is 0.862. The molecule has 0 heterocycles. The van der Waals surface area contributed by atoms with E-state index >= 15 is 4.39 Å². The van der Waals surface area contributed by atoms with E-state index in [1.165, 1.54) is 0 Å². The Labute approximate surface area is 224 Å². The van der Waals surface area contributed by atoms with Crippen LogP contribution in [0.1, 0.15) is 59.3 Å². The number of halogens is 1. The Balaban J connectivity index is 1.81. The van der Waals surface area contributed by atoms with Gasteiger partial charge >= 0.3 is 0 Å². The van der Waals surface area contributed by atoms with Crippen LogP contribution >= 0.6 is 0 Å². The topological polar surface area (TPSA) is 27.7 Å². The molecule has 5 unspecified atom stereocenters. The lowest BCUT2D eigenvalue weighted by molar-refractivity contribution is -0.210. The molecule has 206 valence electrons. The maximum Gasteiger partial charge on any atom is 0.241 e. The van der Waals surface area contributed by atoms with E-state index in [0.29, 0.717) is 5.92 Å². The molecule has 0 aliphatic heterocycles. The van der Waals surface area contributed by atoms with Gasteiger partial charge in [0.2, 0.25) is 8.32 Å². The average molecular weight is 553 g/mol. The van der Waals surface area contributed by atoms with Crippen molar-refractivity contribution in [3.8, 4) is 0 Å². The summed E-state index contributed by atoms with van der Waals surface area (Å²) in [6.07, 6.45) is 9.37. The van der Waals surface area contributed by atoms with Gasteiger partial charge in [0.15, 0.2) is 16.6 Å². The third-order valence-corrected chi connectivity index (χ3v) is 12.7. The monoisotopic (exact) mass is 552 g/mol. The van der Waals surface area contributed by atoms with Crippen molar-refractivity contribution < 1.29 is 17.7 Å². The van der Waals surface area contributed by atoms with Crippen molar-refractivity contribution in [1.29, 1.82) is 0 Å². The molecule has 0 radical (unpaired) electrons. The Bertz CT molecular complexity index is 945. The Morgan fingerprint density at radius 2 is 1.50 bits per heavy atom. The standard InChI is InChI=1S/C29H53FO3Si3/c1-26-17-15-22(31-34(4,5)6)19-21(26)13-14-24-23-16-18-28(3,33-36(10,11)12)27(23,2)20-25(29(24,26)30)32-35(7,8)9/h13,19,23-25H,14-18,20H2,1-12H3/t23?,24?,25?,26?,27?,28-,29+/m1/s1. The highest BCUT2D eigenvalue weighted by atomic mass is 28.4. The molecule has 4 aliphatic carbocycles. The summed E-state index contributed by atoms with van der Waals surface area (Å²) in [6, 6.07) is 0. The predicted octanol–water partition coefficient (Wildman–Crippen LogP) is 8.83. The first-order chi connectivity index (χ1) is 16.1. The van der Waals surface area contributed by atoms with E-state index in [4.69, 9.17) is 13.3 Å². The molecule has 4 aliphatic rings. The second-order valence-corrected chi connectivity index (χ2v) is 29.2. The first-order valence-electron chi connectivity index (χ1n) is 14.3. The van der Waals surface area contributed by atoms with E-state index < -0.39 is 42.1 Å². The van der Waals surface area contributed by atoms with E-state index in [1.807, 2.05) is 0 Å². The van der Waals surface area contributed by atoms with Gasteiger partial charge in [-0.1, -0.05) is 19.9 Å². The van der Waals surface area contributed by atoms with Crippen molar-refractivity contribution in [2.75, 3.05) is 0 Å². The number of alkyl halides is 1. The van der Waals surface area contributed by atoms with Crippen LogP contribution in [0.5, 0.6) is 0 Å². The average Bonchev–Trinajstić information content (AvgIpc) is 2.90. The molecule has 0 saturated heterocycles. The van der Waals surface area contributed by atoms with Crippen LogP contribution < -0.4 is 0 Å². The normalized spacial score (nSPS) is 43.2. The molecule has 7 atom stereocenters. The third kappa shape index (κ3) is 4.71. The summed E-state index contributed by atoms with van der Waals surface area (Å²) in [7, 11) is -5.48. The highest BCUT2D eigenvalue weighted by Gasteiger charge is 2.73. The van der Waals surface area contributed by atoms with Crippen molar-refractivity contribution in [1.82, 2.24) is 0 Å². The zero-order chi connectivity index (χ0) is 27.2. The van der Waals surface area contributed by atoms with Crippen molar-refractivity contribution in [3.05, 3.63) is 23.5 Å². The highest BCUT2D eigenvalue weighted by molar-refractivity contribution is 6.70. The van der Waals surface area contributed by atoms with E-state index in [-0.39, 0.29) is 16.9 Å². The molecule has 7 heteroatoms. The van der Waals surface area contributed by atoms with Crippen LogP contribution in [0.3, 0.4) is 0 Å². The number of hydrogen-bond acceptors (Lipinski definition) is 3. The van der Waals surface area contributed by atoms with Crippen LogP contribution in [0, 0.1) is 22.7 Å². The Morgan fingerprint density at radius 1 is 0.861 bits per heavy atom. The second-order valence-electron chi connectivity index (χ2n) is 15.9. The molecule has 0 bridgehead atoms. The number of hydrogen-bond donors (Lipinski definition) is 0. The molecular weight excluding hydrogens is 500 g/mol. The van der Waals surface area contributed by atoms with Gasteiger partial charge in [0, 0.05) is 23.2 Å². The van der Waals surface area contributed by atoms with Crippen molar-refractivity contribution in [2.45, 2.75) is 136 Å². The summed E-state index contributed by atoms with van der Waals surface area (Å²) in [6.45, 7) is 27.1. The lowest BCUT2D eigenvalue weighted by Gasteiger charge is -2.65. The zero-order valence-electron chi connectivity index (χ0n) is 25.2. The minimum atomic E-state index is -2.00. The highest BCUT2D eigenvalue weighted by Crippen LogP contribution is 2.71. The van der Waals surface area contributed by atoms with Gasteiger partial charge in [0.1, 0.15) is 5.67 Å². The molecule has 0 aromatic carbocycles. The summed E-state index contributed by atoms with van der Waals surface area (Å²) in [4.78, 5) is 0. The molecule has 3 nitrogen and oxygen atoms in total. The van der Waals surface area contributed by atoms with Crippen LogP contribution in [-0.4, -0.2) is 42.3 Å². The summed E-state index contributed by atoms with van der Waals surface area (Å²) in [5, 5.41) is 0. The van der Waals surface area contributed by atoms with Crippen LogP contribution in [-0.2, 0) is 13.3 Å². The maximum atomic E-state index is 18.4. The molecule has 4 rings (SSSR count). The van der Waals surface area contributed by atoms with Crippen LogP contribution in [0.4, 0.5) is 4.39 Å². The summed E-state index contributed by atoms with van der Waals surface area (Å²) in [5.74, 6) is 1.33. The minimum absolute atomic E-state index is 0.0359. The van der Waals surface area contributed by atoms with Crippen molar-refractivity contribution in [3.63, 3.8) is 0 Å². The molecule has 0 aromatic rings. The molecule has 36 heavy (non-hydrogen) atoms. The van der Waals surface area contributed by atoms with Crippen molar-refractivity contribution in [2.24, 2.45) is 22.7 Å². The second kappa shape index (κ2) is 8.64. The quantitative estimate of drug-likeness (QED) is 0.308. The fourth-order valence-corrected chi connectivity index (χ4v) is 12.1. The smallest absolute Gasteiger partial charge is 0.241 e. The molecule has 2 saturated carbocycles. The summed E-state index contributed by atoms with van der Waals surface area (Å²) < 4.78 is 38.7. The number of rotatable bonds is 6. The third-order valence-electron chi connectivity index (χ3n) is 9.79. The van der Waals surface area contributed by atoms with Crippen LogP contribution in [0.25, 0.3) is 0 Å². The minimum Gasteiger partial charge on any atom is -0.547 e. The van der Waals surface area contributed by atoms with Gasteiger partial charge in [-0.05, 0) is 116 Å². The number of allylic oxidation sites excluding steroid dienone is 4. The zero-order valence-corrected chi connectivity index (χ0v) is 28.2. The first-order valence-corrected chi connectivity index (χ1v) is 24.5. The largest absolute Gasteiger partial charge is 0.547 e. The van der Waals surface area contributed by atoms with Gasteiger partial charge in [-0.25, -0.2) is 4.39 Å². The van der Waals surface area contributed by atoms with Crippen molar-refractivity contribution >= 4 is 25.0 Å². The summed E-state index contributed by atoms with van der Waals surface area (Å²) in [5.41, 5.74) is -1.09. The fourth-order valence-electron chi connectivity index (χ4n) is 8.35. The molecule has 2 fully saturated rings. The number of fused-ring (bicyclic) bond motifs is 5. The van der Waals surface area contributed by atoms with E-state index in [2.05, 4.69) is 91.8 Å².